The highest BCUT2D eigenvalue weighted by Crippen LogP contribution is 2.14. The summed E-state index contributed by atoms with van der Waals surface area (Å²) in [5.41, 5.74) is 0. The van der Waals surface area contributed by atoms with Gasteiger partial charge in [0.15, 0.2) is 0 Å². The fourth-order valence-corrected chi connectivity index (χ4v) is 7.00. The maximum absolute atomic E-state index is 12.5. The van der Waals surface area contributed by atoms with E-state index in [0.717, 1.165) is 38.5 Å². The number of hydrogen-bond donors (Lipinski definition) is 3. The topological polar surface area (TPSA) is 104 Å². The van der Waals surface area contributed by atoms with Crippen LogP contribution in [0, 0.1) is 0 Å². The van der Waals surface area contributed by atoms with Gasteiger partial charge in [-0.05, 0) is 44.9 Å². The van der Waals surface area contributed by atoms with E-state index in [0.29, 0.717) is 6.42 Å². The summed E-state index contributed by atoms with van der Waals surface area (Å²) in [6, 6.07) is -1.05. The zero-order chi connectivity index (χ0) is 35.4. The van der Waals surface area contributed by atoms with Gasteiger partial charge in [-0.2, -0.15) is 8.42 Å². The van der Waals surface area contributed by atoms with E-state index < -0.39 is 28.0 Å². The van der Waals surface area contributed by atoms with Gasteiger partial charge in [0.25, 0.3) is 10.1 Å². The summed E-state index contributed by atoms with van der Waals surface area (Å²) < 4.78 is 32.4. The maximum atomic E-state index is 12.5. The van der Waals surface area contributed by atoms with Gasteiger partial charge in [-0.15, -0.1) is 0 Å². The third-order valence-corrected chi connectivity index (χ3v) is 10.2. The first-order chi connectivity index (χ1) is 23.3. The van der Waals surface area contributed by atoms with Crippen LogP contribution in [0.2, 0.25) is 0 Å². The molecule has 2 unspecified atom stereocenters. The standard InChI is InChI=1S/C41H79NO5S/c1-3-5-7-9-11-13-15-16-17-18-19-20-21-22-23-24-25-26-27-29-31-33-35-37-41(44)42-39(38-48(45,46)47)40(43)36-34-32-30-28-14-12-10-8-6-4-2/h18-19,34,36,39-40,43H,3-17,20-33,35,37-38H2,1-2H3,(H,42,44)(H,45,46,47)/b19-18-,36-34+. The average Bonchev–Trinajstić information content (AvgIpc) is 3.05. The molecule has 0 spiro atoms. The molecule has 0 bridgehead atoms. The predicted molar refractivity (Wildman–Crippen MR) is 207 cm³/mol. The maximum Gasteiger partial charge on any atom is 0.267 e. The molecule has 0 aromatic heterocycles. The molecule has 0 heterocycles. The Morgan fingerprint density at radius 1 is 0.542 bits per heavy atom. The van der Waals surface area contributed by atoms with Crippen LogP contribution in [0.1, 0.15) is 213 Å². The molecule has 2 atom stereocenters. The van der Waals surface area contributed by atoms with Gasteiger partial charge < -0.3 is 10.4 Å². The number of rotatable bonds is 37. The van der Waals surface area contributed by atoms with Crippen molar-refractivity contribution in [2.24, 2.45) is 0 Å². The third kappa shape index (κ3) is 36.1. The Morgan fingerprint density at radius 2 is 0.875 bits per heavy atom. The summed E-state index contributed by atoms with van der Waals surface area (Å²) in [5, 5.41) is 13.2. The highest BCUT2D eigenvalue weighted by atomic mass is 32.2. The Bertz CT molecular complexity index is 857. The van der Waals surface area contributed by atoms with Gasteiger partial charge in [0.2, 0.25) is 5.91 Å². The molecule has 0 saturated carbocycles. The number of nitrogens with one attached hydrogen (secondary N) is 1. The summed E-state index contributed by atoms with van der Waals surface area (Å²) in [6.07, 6.45) is 44.6. The van der Waals surface area contributed by atoms with Gasteiger partial charge in [-0.25, -0.2) is 0 Å². The first-order valence-electron chi connectivity index (χ1n) is 20.5. The lowest BCUT2D eigenvalue weighted by Crippen LogP contribution is -2.46. The Kier molecular flexibility index (Phi) is 34.8. The lowest BCUT2D eigenvalue weighted by Gasteiger charge is -2.21. The lowest BCUT2D eigenvalue weighted by atomic mass is 10.0. The van der Waals surface area contributed by atoms with Crippen molar-refractivity contribution in [3.8, 4) is 0 Å². The van der Waals surface area contributed by atoms with Crippen molar-refractivity contribution in [3.63, 3.8) is 0 Å². The molecule has 0 aliphatic carbocycles. The molecule has 0 aliphatic rings. The van der Waals surface area contributed by atoms with Crippen molar-refractivity contribution in [2.45, 2.75) is 225 Å². The zero-order valence-electron chi connectivity index (χ0n) is 31.6. The van der Waals surface area contributed by atoms with Gasteiger partial charge in [0.05, 0.1) is 17.9 Å². The zero-order valence-corrected chi connectivity index (χ0v) is 32.4. The number of amides is 1. The highest BCUT2D eigenvalue weighted by Gasteiger charge is 2.24. The van der Waals surface area contributed by atoms with Crippen molar-refractivity contribution < 1.29 is 22.9 Å². The SMILES string of the molecule is CCCCCCCCCC/C=C\CCCCCCCCCCCCCC(=O)NC(CS(=O)(=O)O)C(O)/C=C/CCCCCCCCCC. The summed E-state index contributed by atoms with van der Waals surface area (Å²) in [4.78, 5) is 12.5. The van der Waals surface area contributed by atoms with Crippen LogP contribution >= 0.6 is 0 Å². The van der Waals surface area contributed by atoms with Crippen LogP contribution in [-0.2, 0) is 14.9 Å². The number of unbranched alkanes of at least 4 members (excludes halogenated alkanes) is 27. The Labute approximate surface area is 298 Å². The molecule has 0 aliphatic heterocycles. The van der Waals surface area contributed by atoms with E-state index in [1.165, 1.54) is 154 Å². The molecule has 7 heteroatoms. The average molecular weight is 698 g/mol. The van der Waals surface area contributed by atoms with Gasteiger partial charge in [0, 0.05) is 6.42 Å². The lowest BCUT2D eigenvalue weighted by molar-refractivity contribution is -0.122. The van der Waals surface area contributed by atoms with Crippen LogP contribution < -0.4 is 5.32 Å². The van der Waals surface area contributed by atoms with Gasteiger partial charge in [-0.1, -0.05) is 186 Å². The fraction of sp³-hybridized carbons (Fsp3) is 0.878. The van der Waals surface area contributed by atoms with Crippen molar-refractivity contribution >= 4 is 16.0 Å². The van der Waals surface area contributed by atoms with Gasteiger partial charge >= 0.3 is 0 Å². The molecule has 6 nitrogen and oxygen atoms in total. The van der Waals surface area contributed by atoms with Crippen LogP contribution in [-0.4, -0.2) is 41.9 Å². The minimum atomic E-state index is -4.33. The van der Waals surface area contributed by atoms with Crippen LogP contribution in [0.3, 0.4) is 0 Å². The van der Waals surface area contributed by atoms with Crippen LogP contribution in [0.4, 0.5) is 0 Å². The minimum absolute atomic E-state index is 0.279. The van der Waals surface area contributed by atoms with Crippen molar-refractivity contribution in [1.29, 1.82) is 0 Å². The minimum Gasteiger partial charge on any atom is -0.387 e. The van der Waals surface area contributed by atoms with E-state index in [1.54, 1.807) is 6.08 Å². The molecule has 0 radical (unpaired) electrons. The van der Waals surface area contributed by atoms with E-state index in [-0.39, 0.29) is 5.91 Å². The second-order valence-corrected chi connectivity index (χ2v) is 15.8. The van der Waals surface area contributed by atoms with Crippen molar-refractivity contribution in [1.82, 2.24) is 5.32 Å². The molecule has 3 N–H and O–H groups in total. The Hall–Kier alpha value is -1.18. The molecule has 0 saturated heterocycles. The van der Waals surface area contributed by atoms with Gasteiger partial charge in [0.1, 0.15) is 0 Å². The third-order valence-electron chi connectivity index (χ3n) is 9.37. The molecular formula is C41H79NO5S. The Morgan fingerprint density at radius 3 is 1.25 bits per heavy atom. The second kappa shape index (κ2) is 35.6. The van der Waals surface area contributed by atoms with Crippen molar-refractivity contribution in [2.75, 3.05) is 5.75 Å². The summed E-state index contributed by atoms with van der Waals surface area (Å²) in [6.45, 7) is 4.49. The largest absolute Gasteiger partial charge is 0.387 e. The molecule has 0 aromatic rings. The number of aliphatic hydroxyl groups excluding tert-OH is 1. The highest BCUT2D eigenvalue weighted by molar-refractivity contribution is 7.85. The molecule has 0 fully saturated rings. The van der Waals surface area contributed by atoms with Crippen LogP contribution in [0.25, 0.3) is 0 Å². The number of aliphatic hydroxyl groups is 1. The van der Waals surface area contributed by atoms with E-state index >= 15 is 0 Å². The van der Waals surface area contributed by atoms with E-state index in [1.807, 2.05) is 6.08 Å². The number of hydrogen-bond acceptors (Lipinski definition) is 4. The molecule has 48 heavy (non-hydrogen) atoms. The number of carbonyl (C=O) groups is 1. The number of carbonyl (C=O) groups excluding carboxylic acids is 1. The predicted octanol–water partition coefficient (Wildman–Crippen LogP) is 12.0. The normalized spacial score (nSPS) is 13.5. The summed E-state index contributed by atoms with van der Waals surface area (Å²) >= 11 is 0. The van der Waals surface area contributed by atoms with Gasteiger partial charge in [-0.3, -0.25) is 9.35 Å². The monoisotopic (exact) mass is 698 g/mol. The van der Waals surface area contributed by atoms with Crippen LogP contribution in [0.5, 0.6) is 0 Å². The molecule has 0 aromatic carbocycles. The molecule has 0 rings (SSSR count). The number of allylic oxidation sites excluding steroid dienone is 3. The Balaban J connectivity index is 3.79. The smallest absolute Gasteiger partial charge is 0.267 e. The fourth-order valence-electron chi connectivity index (χ4n) is 6.27. The molecule has 1 amide bonds. The first kappa shape index (κ1) is 46.8. The summed E-state index contributed by atoms with van der Waals surface area (Å²) in [5.74, 6) is -0.975. The van der Waals surface area contributed by atoms with E-state index in [2.05, 4.69) is 31.3 Å². The van der Waals surface area contributed by atoms with E-state index in [4.69, 9.17) is 0 Å². The summed E-state index contributed by atoms with van der Waals surface area (Å²) in [7, 11) is -4.33. The molecular weight excluding hydrogens is 619 g/mol. The second-order valence-electron chi connectivity index (χ2n) is 14.3. The van der Waals surface area contributed by atoms with Crippen LogP contribution in [0.15, 0.2) is 24.3 Å². The van der Waals surface area contributed by atoms with Crippen molar-refractivity contribution in [3.05, 3.63) is 24.3 Å². The first-order valence-corrected chi connectivity index (χ1v) is 22.1. The van der Waals surface area contributed by atoms with E-state index in [9.17, 15) is 22.9 Å². The quantitative estimate of drug-likeness (QED) is 0.0340. The molecule has 284 valence electrons.